The van der Waals surface area contributed by atoms with E-state index in [1.165, 1.54) is 18.2 Å². The van der Waals surface area contributed by atoms with Crippen molar-refractivity contribution in [2.75, 3.05) is 11.9 Å². The molecule has 0 saturated carbocycles. The lowest BCUT2D eigenvalue weighted by Crippen LogP contribution is -2.60. The molecule has 1 amide bonds. The van der Waals surface area contributed by atoms with Gasteiger partial charge in [-0.2, -0.15) is 0 Å². The number of aromatic carboxylic acids is 1. The number of benzene rings is 2. The number of aliphatic hydroxyl groups excluding tert-OH is 4. The minimum absolute atomic E-state index is 0.0276. The van der Waals surface area contributed by atoms with E-state index in [-0.39, 0.29) is 22.7 Å². The summed E-state index contributed by atoms with van der Waals surface area (Å²) in [6.07, 6.45) is -7.62. The number of aromatic nitrogens is 1. The summed E-state index contributed by atoms with van der Waals surface area (Å²) in [6.45, 7) is -0.641. The molecule has 0 radical (unpaired) electrons. The van der Waals surface area contributed by atoms with Crippen molar-refractivity contribution in [3.63, 3.8) is 0 Å². The van der Waals surface area contributed by atoms with Crippen LogP contribution in [0.4, 0.5) is 5.69 Å². The van der Waals surface area contributed by atoms with E-state index in [0.29, 0.717) is 10.9 Å². The second-order valence-corrected chi connectivity index (χ2v) is 7.49. The number of hydrogen-bond acceptors (Lipinski definition) is 8. The lowest BCUT2D eigenvalue weighted by atomic mass is 9.99. The Labute approximate surface area is 186 Å². The van der Waals surface area contributed by atoms with Gasteiger partial charge in [0.25, 0.3) is 5.91 Å². The number of carbonyl (C=O) groups is 2. The summed E-state index contributed by atoms with van der Waals surface area (Å²) in [5.41, 5.74) is 0.368. The van der Waals surface area contributed by atoms with Crippen LogP contribution in [-0.2, 0) is 4.74 Å². The molecule has 2 aromatic carbocycles. The van der Waals surface area contributed by atoms with E-state index in [1.807, 2.05) is 0 Å². The first-order valence-electron chi connectivity index (χ1n) is 10.0. The molecule has 5 atom stereocenters. The van der Waals surface area contributed by atoms with Crippen LogP contribution >= 0.6 is 0 Å². The lowest BCUT2D eigenvalue weighted by Gasteiger charge is -2.39. The molecule has 33 heavy (non-hydrogen) atoms. The number of para-hydroxylation sites is 2. The topological polar surface area (TPSA) is 182 Å². The van der Waals surface area contributed by atoms with E-state index >= 15 is 0 Å². The van der Waals surface area contributed by atoms with Crippen molar-refractivity contribution in [2.24, 2.45) is 0 Å². The zero-order valence-corrected chi connectivity index (χ0v) is 17.1. The summed E-state index contributed by atoms with van der Waals surface area (Å²) in [4.78, 5) is 27.5. The normalized spacial score (nSPS) is 25.0. The van der Waals surface area contributed by atoms with Crippen LogP contribution in [0.3, 0.4) is 0 Å². The minimum atomic E-state index is -1.68. The zero-order chi connectivity index (χ0) is 23.7. The summed E-state index contributed by atoms with van der Waals surface area (Å²) < 4.78 is 11.2. The number of carboxylic acids is 1. The zero-order valence-electron chi connectivity index (χ0n) is 17.1. The molecule has 1 saturated heterocycles. The molecule has 0 bridgehead atoms. The Morgan fingerprint density at radius 2 is 1.70 bits per heavy atom. The van der Waals surface area contributed by atoms with E-state index in [4.69, 9.17) is 9.47 Å². The molecule has 0 spiro atoms. The number of carbonyl (C=O) groups excluding carboxylic acids is 1. The molecule has 4 rings (SSSR count). The first-order valence-corrected chi connectivity index (χ1v) is 10.0. The van der Waals surface area contributed by atoms with Crippen LogP contribution in [0.25, 0.3) is 10.9 Å². The SMILES string of the molecule is O=C(O)c1ccccc1NC(=O)c1[nH]c2ccccc2c1OC1OC(CO)[C@@H](O)[C@H](O)[C@@H]1O. The molecule has 1 aromatic heterocycles. The molecule has 0 aliphatic carbocycles. The average Bonchev–Trinajstić information content (AvgIpc) is 3.18. The molecule has 174 valence electrons. The van der Waals surface area contributed by atoms with E-state index in [2.05, 4.69) is 10.3 Å². The molecule has 11 nitrogen and oxygen atoms in total. The Morgan fingerprint density at radius 3 is 2.42 bits per heavy atom. The molecular weight excluding hydrogens is 436 g/mol. The summed E-state index contributed by atoms with van der Waals surface area (Å²) in [5.74, 6) is -1.97. The van der Waals surface area contributed by atoms with Gasteiger partial charge in [-0.05, 0) is 24.3 Å². The fourth-order valence-corrected chi connectivity index (χ4v) is 3.64. The molecule has 1 aliphatic rings. The molecule has 7 N–H and O–H groups in total. The van der Waals surface area contributed by atoms with Crippen molar-refractivity contribution >= 4 is 28.5 Å². The number of fused-ring (bicyclic) bond motifs is 1. The van der Waals surface area contributed by atoms with Gasteiger partial charge in [-0.1, -0.05) is 24.3 Å². The van der Waals surface area contributed by atoms with Crippen LogP contribution in [0.1, 0.15) is 20.8 Å². The maximum atomic E-state index is 13.1. The summed E-state index contributed by atoms with van der Waals surface area (Å²) in [7, 11) is 0. The summed E-state index contributed by atoms with van der Waals surface area (Å²) in [6, 6.07) is 12.6. The largest absolute Gasteiger partial charge is 0.478 e. The van der Waals surface area contributed by atoms with Crippen molar-refractivity contribution in [2.45, 2.75) is 30.7 Å². The van der Waals surface area contributed by atoms with Crippen LogP contribution < -0.4 is 10.1 Å². The first kappa shape index (κ1) is 22.7. The highest BCUT2D eigenvalue weighted by Gasteiger charge is 2.45. The molecule has 2 unspecified atom stereocenters. The third-order valence-electron chi connectivity index (χ3n) is 5.37. The third kappa shape index (κ3) is 4.27. The monoisotopic (exact) mass is 458 g/mol. The first-order chi connectivity index (χ1) is 15.8. The molecule has 2 heterocycles. The number of hydrogen-bond donors (Lipinski definition) is 7. The fourth-order valence-electron chi connectivity index (χ4n) is 3.64. The Bertz CT molecular complexity index is 1180. The highest BCUT2D eigenvalue weighted by molar-refractivity contribution is 6.11. The van der Waals surface area contributed by atoms with Crippen LogP contribution in [-0.4, -0.2) is 79.7 Å². The van der Waals surface area contributed by atoms with Crippen molar-refractivity contribution < 1.29 is 44.6 Å². The van der Waals surface area contributed by atoms with E-state index in [9.17, 15) is 35.1 Å². The molecule has 1 aliphatic heterocycles. The molecule has 11 heteroatoms. The number of carboxylic acid groups (broad SMARTS) is 1. The Balaban J connectivity index is 1.69. The molecule has 1 fully saturated rings. The van der Waals surface area contributed by atoms with Gasteiger partial charge >= 0.3 is 5.97 Å². The lowest BCUT2D eigenvalue weighted by molar-refractivity contribution is -0.277. The van der Waals surface area contributed by atoms with Gasteiger partial charge < -0.3 is 45.3 Å². The van der Waals surface area contributed by atoms with Gasteiger partial charge in [-0.15, -0.1) is 0 Å². The second kappa shape index (κ2) is 9.17. The van der Waals surface area contributed by atoms with Crippen molar-refractivity contribution in [3.05, 3.63) is 59.8 Å². The minimum Gasteiger partial charge on any atom is -0.478 e. The summed E-state index contributed by atoms with van der Waals surface area (Å²) in [5, 5.41) is 52.1. The Hall–Kier alpha value is -3.48. The van der Waals surface area contributed by atoms with Gasteiger partial charge in [0, 0.05) is 10.9 Å². The number of anilines is 1. The highest BCUT2D eigenvalue weighted by atomic mass is 16.7. The Kier molecular flexibility index (Phi) is 6.31. The average molecular weight is 458 g/mol. The Morgan fingerprint density at radius 1 is 1.00 bits per heavy atom. The third-order valence-corrected chi connectivity index (χ3v) is 5.37. The maximum absolute atomic E-state index is 13.1. The van der Waals surface area contributed by atoms with Crippen LogP contribution in [0.5, 0.6) is 5.75 Å². The summed E-state index contributed by atoms with van der Waals surface area (Å²) >= 11 is 0. The van der Waals surface area contributed by atoms with Crippen LogP contribution in [0, 0.1) is 0 Å². The molecular formula is C22H22N2O9. The van der Waals surface area contributed by atoms with E-state index < -0.39 is 49.2 Å². The van der Waals surface area contributed by atoms with Gasteiger partial charge in [0.1, 0.15) is 30.1 Å². The predicted molar refractivity (Wildman–Crippen MR) is 114 cm³/mol. The molecule has 3 aromatic rings. The van der Waals surface area contributed by atoms with Crippen molar-refractivity contribution in [1.29, 1.82) is 0 Å². The van der Waals surface area contributed by atoms with Crippen molar-refractivity contribution in [1.82, 2.24) is 4.98 Å². The van der Waals surface area contributed by atoms with Gasteiger partial charge in [-0.3, -0.25) is 4.79 Å². The van der Waals surface area contributed by atoms with Crippen LogP contribution in [0.15, 0.2) is 48.5 Å². The number of H-pyrrole nitrogens is 1. The van der Waals surface area contributed by atoms with Gasteiger partial charge in [-0.25, -0.2) is 4.79 Å². The highest BCUT2D eigenvalue weighted by Crippen LogP contribution is 2.34. The fraction of sp³-hybridized carbons (Fsp3) is 0.273. The number of aromatic amines is 1. The van der Waals surface area contributed by atoms with Crippen molar-refractivity contribution in [3.8, 4) is 5.75 Å². The van der Waals surface area contributed by atoms with Gasteiger partial charge in [0.2, 0.25) is 6.29 Å². The number of aliphatic hydroxyl groups is 4. The van der Waals surface area contributed by atoms with Gasteiger partial charge in [0.15, 0.2) is 5.75 Å². The number of amides is 1. The number of ether oxygens (including phenoxy) is 2. The van der Waals surface area contributed by atoms with E-state index in [0.717, 1.165) is 0 Å². The number of nitrogens with one attached hydrogen (secondary N) is 2. The standard InChI is InChI=1S/C22H22N2O9/c25-9-14-16(26)17(27)18(28)22(32-14)33-19-10-5-1-3-7-12(10)23-15(19)20(29)24-13-8-4-2-6-11(13)21(30)31/h1-8,14,16-18,22-23,25-28H,9H2,(H,24,29)(H,30,31)/t14?,16-,17+,18+,22?/m1/s1. The van der Waals surface area contributed by atoms with Crippen LogP contribution in [0.2, 0.25) is 0 Å². The second-order valence-electron chi connectivity index (χ2n) is 7.49. The van der Waals surface area contributed by atoms with Gasteiger partial charge in [0.05, 0.1) is 17.9 Å². The van der Waals surface area contributed by atoms with E-state index in [1.54, 1.807) is 30.3 Å². The smallest absolute Gasteiger partial charge is 0.337 e. The number of rotatable bonds is 6. The predicted octanol–water partition coefficient (Wildman–Crippen LogP) is 0.297. The quantitative estimate of drug-likeness (QED) is 0.273. The maximum Gasteiger partial charge on any atom is 0.337 e.